The van der Waals surface area contributed by atoms with Crippen LogP contribution in [0.25, 0.3) is 0 Å². The summed E-state index contributed by atoms with van der Waals surface area (Å²) in [6.07, 6.45) is 0. The summed E-state index contributed by atoms with van der Waals surface area (Å²) >= 11 is 0. The number of benzene rings is 3. The lowest BCUT2D eigenvalue weighted by molar-refractivity contribution is -0.118. The lowest BCUT2D eigenvalue weighted by atomic mass is 10.0. The average Bonchev–Trinajstić information content (AvgIpc) is 2.77. The highest BCUT2D eigenvalue weighted by molar-refractivity contribution is 5.96. The van der Waals surface area contributed by atoms with Crippen LogP contribution in [0.3, 0.4) is 0 Å². The van der Waals surface area contributed by atoms with E-state index in [4.69, 9.17) is 4.74 Å². The van der Waals surface area contributed by atoms with Gasteiger partial charge in [-0.1, -0.05) is 56.3 Å². The lowest BCUT2D eigenvalue weighted by Gasteiger charge is -2.10. The molecule has 2 amide bonds. The minimum Gasteiger partial charge on any atom is -0.484 e. The minimum absolute atomic E-state index is 0.0830. The van der Waals surface area contributed by atoms with Crippen molar-refractivity contribution in [2.45, 2.75) is 26.3 Å². The van der Waals surface area contributed by atoms with Crippen molar-refractivity contribution in [1.29, 1.82) is 0 Å². The SMILES string of the molecule is CC(C)c1ccc(OCC(=O)Nc2ccc(C(=O)NCc3ccccc3)cc2)cc1. The first-order valence-electron chi connectivity index (χ1n) is 9.96. The summed E-state index contributed by atoms with van der Waals surface area (Å²) < 4.78 is 5.53. The van der Waals surface area contributed by atoms with Crippen LogP contribution in [-0.4, -0.2) is 18.4 Å². The van der Waals surface area contributed by atoms with Crippen LogP contribution in [0, 0.1) is 0 Å². The van der Waals surface area contributed by atoms with E-state index < -0.39 is 0 Å². The Morgan fingerprint density at radius 1 is 0.867 bits per heavy atom. The van der Waals surface area contributed by atoms with Crippen molar-refractivity contribution in [3.63, 3.8) is 0 Å². The molecule has 0 unspecified atom stereocenters. The van der Waals surface area contributed by atoms with Crippen LogP contribution in [0.4, 0.5) is 5.69 Å². The molecule has 3 rings (SSSR count). The second kappa shape index (κ2) is 10.3. The van der Waals surface area contributed by atoms with Gasteiger partial charge in [0, 0.05) is 17.8 Å². The van der Waals surface area contributed by atoms with Gasteiger partial charge in [0.25, 0.3) is 11.8 Å². The standard InChI is InChI=1S/C25H26N2O3/c1-18(2)20-10-14-23(15-11-20)30-17-24(28)27-22-12-8-21(9-13-22)25(29)26-16-19-6-4-3-5-7-19/h3-15,18H,16-17H2,1-2H3,(H,26,29)(H,27,28). The Bertz CT molecular complexity index is 966. The van der Waals surface area contributed by atoms with Crippen molar-refractivity contribution in [1.82, 2.24) is 5.32 Å². The molecule has 3 aromatic rings. The first-order chi connectivity index (χ1) is 14.5. The molecule has 0 aromatic heterocycles. The van der Waals surface area contributed by atoms with E-state index in [0.717, 1.165) is 5.56 Å². The predicted octanol–water partition coefficient (Wildman–Crippen LogP) is 4.76. The van der Waals surface area contributed by atoms with Crippen molar-refractivity contribution in [3.8, 4) is 5.75 Å². The fourth-order valence-electron chi connectivity index (χ4n) is 2.88. The molecule has 2 N–H and O–H groups in total. The molecular weight excluding hydrogens is 376 g/mol. The van der Waals surface area contributed by atoms with Crippen molar-refractivity contribution in [3.05, 3.63) is 95.6 Å². The fraction of sp³-hybridized carbons (Fsp3) is 0.200. The summed E-state index contributed by atoms with van der Waals surface area (Å²) in [5.41, 5.74) is 3.40. The lowest BCUT2D eigenvalue weighted by Crippen LogP contribution is -2.23. The largest absolute Gasteiger partial charge is 0.484 e. The average molecular weight is 402 g/mol. The first-order valence-corrected chi connectivity index (χ1v) is 9.96. The van der Waals surface area contributed by atoms with Gasteiger partial charge in [0.1, 0.15) is 5.75 Å². The molecule has 0 saturated heterocycles. The molecular formula is C25H26N2O3. The number of ether oxygens (including phenoxy) is 1. The van der Waals surface area contributed by atoms with Crippen molar-refractivity contribution in [2.24, 2.45) is 0 Å². The van der Waals surface area contributed by atoms with Gasteiger partial charge < -0.3 is 15.4 Å². The minimum atomic E-state index is -0.260. The second-order valence-electron chi connectivity index (χ2n) is 7.31. The van der Waals surface area contributed by atoms with E-state index in [9.17, 15) is 9.59 Å². The van der Waals surface area contributed by atoms with E-state index >= 15 is 0 Å². The van der Waals surface area contributed by atoms with E-state index in [1.807, 2.05) is 54.6 Å². The van der Waals surface area contributed by atoms with Crippen LogP contribution < -0.4 is 15.4 Å². The third-order valence-corrected chi connectivity index (χ3v) is 4.64. The van der Waals surface area contributed by atoms with Crippen LogP contribution in [0.2, 0.25) is 0 Å². The molecule has 154 valence electrons. The summed E-state index contributed by atoms with van der Waals surface area (Å²) in [5, 5.41) is 5.65. The maximum atomic E-state index is 12.3. The highest BCUT2D eigenvalue weighted by atomic mass is 16.5. The number of nitrogens with one attached hydrogen (secondary N) is 2. The molecule has 0 aliphatic rings. The Balaban J connectivity index is 1.46. The molecule has 0 bridgehead atoms. The van der Waals surface area contributed by atoms with E-state index in [1.165, 1.54) is 5.56 Å². The van der Waals surface area contributed by atoms with Crippen molar-refractivity contribution in [2.75, 3.05) is 11.9 Å². The molecule has 0 heterocycles. The smallest absolute Gasteiger partial charge is 0.262 e. The monoisotopic (exact) mass is 402 g/mol. The molecule has 0 aliphatic carbocycles. The van der Waals surface area contributed by atoms with Crippen LogP contribution in [0.5, 0.6) is 5.75 Å². The number of anilines is 1. The molecule has 0 aliphatic heterocycles. The van der Waals surface area contributed by atoms with E-state index in [-0.39, 0.29) is 18.4 Å². The number of carbonyl (C=O) groups is 2. The molecule has 0 radical (unpaired) electrons. The molecule has 0 atom stereocenters. The number of amides is 2. The molecule has 0 saturated carbocycles. The van der Waals surface area contributed by atoms with Crippen LogP contribution in [0.1, 0.15) is 41.3 Å². The van der Waals surface area contributed by atoms with Crippen LogP contribution in [0.15, 0.2) is 78.9 Å². The summed E-state index contributed by atoms with van der Waals surface area (Å²) in [4.78, 5) is 24.4. The molecule has 0 spiro atoms. The first kappa shape index (κ1) is 21.1. The van der Waals surface area contributed by atoms with E-state index in [2.05, 4.69) is 24.5 Å². The Morgan fingerprint density at radius 2 is 1.53 bits per heavy atom. The van der Waals surface area contributed by atoms with Gasteiger partial charge in [-0.2, -0.15) is 0 Å². The zero-order valence-electron chi connectivity index (χ0n) is 17.2. The molecule has 5 nitrogen and oxygen atoms in total. The topological polar surface area (TPSA) is 67.4 Å². The van der Waals surface area contributed by atoms with Crippen LogP contribution >= 0.6 is 0 Å². The summed E-state index contributed by atoms with van der Waals surface area (Å²) in [6, 6.07) is 24.2. The van der Waals surface area contributed by atoms with Gasteiger partial charge in [-0.05, 0) is 53.4 Å². The van der Waals surface area contributed by atoms with Gasteiger partial charge in [-0.3, -0.25) is 9.59 Å². The summed E-state index contributed by atoms with van der Waals surface area (Å²) in [5.74, 6) is 0.680. The Labute approximate surface area is 177 Å². The van der Waals surface area contributed by atoms with Gasteiger partial charge in [0.15, 0.2) is 6.61 Å². The summed E-state index contributed by atoms with van der Waals surface area (Å²) in [7, 11) is 0. The molecule has 5 heteroatoms. The number of hydrogen-bond acceptors (Lipinski definition) is 3. The Kier molecular flexibility index (Phi) is 7.22. The molecule has 3 aromatic carbocycles. The normalized spacial score (nSPS) is 10.5. The number of carbonyl (C=O) groups excluding carboxylic acids is 2. The highest BCUT2D eigenvalue weighted by Gasteiger charge is 2.08. The fourth-order valence-corrected chi connectivity index (χ4v) is 2.88. The molecule has 0 fully saturated rings. The molecule has 30 heavy (non-hydrogen) atoms. The zero-order chi connectivity index (χ0) is 21.3. The quantitative estimate of drug-likeness (QED) is 0.571. The Morgan fingerprint density at radius 3 is 2.17 bits per heavy atom. The number of hydrogen-bond donors (Lipinski definition) is 2. The third kappa shape index (κ3) is 6.21. The van der Waals surface area contributed by atoms with E-state index in [1.54, 1.807) is 24.3 Å². The predicted molar refractivity (Wildman–Crippen MR) is 119 cm³/mol. The van der Waals surface area contributed by atoms with Gasteiger partial charge in [0.2, 0.25) is 0 Å². The van der Waals surface area contributed by atoms with Gasteiger partial charge in [-0.25, -0.2) is 0 Å². The summed E-state index contributed by atoms with van der Waals surface area (Å²) in [6.45, 7) is 4.64. The highest BCUT2D eigenvalue weighted by Crippen LogP contribution is 2.18. The Hall–Kier alpha value is -3.60. The van der Waals surface area contributed by atoms with Gasteiger partial charge in [0.05, 0.1) is 0 Å². The van der Waals surface area contributed by atoms with Gasteiger partial charge in [-0.15, -0.1) is 0 Å². The van der Waals surface area contributed by atoms with E-state index in [0.29, 0.717) is 29.5 Å². The van der Waals surface area contributed by atoms with Crippen molar-refractivity contribution < 1.29 is 14.3 Å². The van der Waals surface area contributed by atoms with Crippen LogP contribution in [-0.2, 0) is 11.3 Å². The third-order valence-electron chi connectivity index (χ3n) is 4.64. The van der Waals surface area contributed by atoms with Gasteiger partial charge >= 0.3 is 0 Å². The van der Waals surface area contributed by atoms with Crippen molar-refractivity contribution >= 4 is 17.5 Å². The second-order valence-corrected chi connectivity index (χ2v) is 7.31. The number of rotatable bonds is 8. The maximum absolute atomic E-state index is 12.3. The zero-order valence-corrected chi connectivity index (χ0v) is 17.2. The maximum Gasteiger partial charge on any atom is 0.262 e.